The largest absolute Gasteiger partial charge is 0.409 e. The molecule has 0 radical (unpaired) electrons. The van der Waals surface area contributed by atoms with E-state index in [0.29, 0.717) is 5.69 Å². The molecular formula is C12H21N5O2. The van der Waals surface area contributed by atoms with E-state index in [0.717, 1.165) is 12.1 Å². The van der Waals surface area contributed by atoms with E-state index in [9.17, 15) is 4.79 Å². The molecular weight excluding hydrogens is 246 g/mol. The second kappa shape index (κ2) is 6.21. The summed E-state index contributed by atoms with van der Waals surface area (Å²) in [6.07, 6.45) is 0.759. The van der Waals surface area contributed by atoms with Crippen LogP contribution >= 0.6 is 0 Å². The first kappa shape index (κ1) is 15.0. The lowest BCUT2D eigenvalue weighted by atomic mass is 10.0. The second-order valence-electron chi connectivity index (χ2n) is 4.72. The molecule has 0 aliphatic heterocycles. The summed E-state index contributed by atoms with van der Waals surface area (Å²) in [6, 6.07) is 1.22. The lowest BCUT2D eigenvalue weighted by molar-refractivity contribution is 0.0929. The van der Waals surface area contributed by atoms with Crippen molar-refractivity contribution in [1.82, 2.24) is 15.1 Å². The molecule has 0 fully saturated rings. The summed E-state index contributed by atoms with van der Waals surface area (Å²) in [4.78, 5) is 12.2. The summed E-state index contributed by atoms with van der Waals surface area (Å²) in [5, 5.41) is 18.6. The van der Waals surface area contributed by atoms with Gasteiger partial charge in [0.2, 0.25) is 0 Å². The van der Waals surface area contributed by atoms with Crippen molar-refractivity contribution in [3.8, 4) is 0 Å². The predicted molar refractivity (Wildman–Crippen MR) is 72.1 cm³/mol. The Morgan fingerprint density at radius 1 is 1.63 bits per heavy atom. The summed E-state index contributed by atoms with van der Waals surface area (Å²) in [6.45, 7) is 5.73. The zero-order valence-corrected chi connectivity index (χ0v) is 11.7. The second-order valence-corrected chi connectivity index (χ2v) is 4.72. The summed E-state index contributed by atoms with van der Waals surface area (Å²) >= 11 is 0. The number of amides is 1. The molecule has 0 aromatic carbocycles. The molecule has 0 aliphatic rings. The van der Waals surface area contributed by atoms with Crippen LogP contribution in [0.1, 0.15) is 37.0 Å². The average Bonchev–Trinajstić information content (AvgIpc) is 2.75. The van der Waals surface area contributed by atoms with Gasteiger partial charge in [-0.1, -0.05) is 25.9 Å². The quantitative estimate of drug-likeness (QED) is 0.312. The van der Waals surface area contributed by atoms with Crippen molar-refractivity contribution in [3.63, 3.8) is 0 Å². The van der Waals surface area contributed by atoms with Crippen LogP contribution in [0.4, 0.5) is 0 Å². The fourth-order valence-corrected chi connectivity index (χ4v) is 1.77. The van der Waals surface area contributed by atoms with Gasteiger partial charge < -0.3 is 16.3 Å². The third-order valence-electron chi connectivity index (χ3n) is 2.91. The number of oxime groups is 1. The fourth-order valence-electron chi connectivity index (χ4n) is 1.77. The van der Waals surface area contributed by atoms with Crippen LogP contribution in [0.5, 0.6) is 0 Å². The molecule has 1 amide bonds. The van der Waals surface area contributed by atoms with Gasteiger partial charge in [0.05, 0.1) is 11.7 Å². The Labute approximate surface area is 112 Å². The van der Waals surface area contributed by atoms with Crippen LogP contribution in [-0.2, 0) is 13.5 Å². The number of hydrogen-bond acceptors (Lipinski definition) is 4. The van der Waals surface area contributed by atoms with Gasteiger partial charge >= 0.3 is 0 Å². The van der Waals surface area contributed by atoms with E-state index in [-0.39, 0.29) is 17.7 Å². The lowest BCUT2D eigenvalue weighted by Crippen LogP contribution is -2.48. The molecule has 1 heterocycles. The Kier molecular flexibility index (Phi) is 4.91. The van der Waals surface area contributed by atoms with Crippen molar-refractivity contribution in [2.45, 2.75) is 33.2 Å². The summed E-state index contributed by atoms with van der Waals surface area (Å²) in [7, 11) is 1.71. The number of rotatable bonds is 5. The van der Waals surface area contributed by atoms with Crippen molar-refractivity contribution in [3.05, 3.63) is 17.5 Å². The zero-order valence-electron chi connectivity index (χ0n) is 11.7. The first-order chi connectivity index (χ1) is 8.90. The molecule has 7 nitrogen and oxygen atoms in total. The third-order valence-corrected chi connectivity index (χ3v) is 2.91. The minimum atomic E-state index is -0.516. The summed E-state index contributed by atoms with van der Waals surface area (Å²) in [5.41, 5.74) is 6.87. The smallest absolute Gasteiger partial charge is 0.270 e. The number of aryl methyl sites for hydroxylation is 2. The maximum atomic E-state index is 12.2. The van der Waals surface area contributed by atoms with Gasteiger partial charge in [0.25, 0.3) is 5.91 Å². The van der Waals surface area contributed by atoms with Crippen LogP contribution in [0.2, 0.25) is 0 Å². The molecule has 1 atom stereocenters. The number of nitrogens with one attached hydrogen (secondary N) is 1. The fraction of sp³-hybridized carbons (Fsp3) is 0.583. The van der Waals surface area contributed by atoms with E-state index in [4.69, 9.17) is 10.9 Å². The van der Waals surface area contributed by atoms with Crippen LogP contribution < -0.4 is 11.1 Å². The molecule has 106 valence electrons. The van der Waals surface area contributed by atoms with Gasteiger partial charge in [0.1, 0.15) is 5.69 Å². The van der Waals surface area contributed by atoms with E-state index in [1.54, 1.807) is 13.1 Å². The van der Waals surface area contributed by atoms with Gasteiger partial charge in [-0.15, -0.1) is 0 Å². The van der Waals surface area contributed by atoms with Gasteiger partial charge in [-0.25, -0.2) is 0 Å². The molecule has 19 heavy (non-hydrogen) atoms. The number of amidine groups is 1. The minimum Gasteiger partial charge on any atom is -0.409 e. The molecule has 0 saturated carbocycles. The number of carbonyl (C=O) groups excluding carboxylic acids is 1. The SMILES string of the molecule is CCc1cc(C(=O)NC(C(N)=NO)C(C)C)n(C)n1. The van der Waals surface area contributed by atoms with Crippen molar-refractivity contribution in [2.24, 2.45) is 23.9 Å². The molecule has 7 heteroatoms. The van der Waals surface area contributed by atoms with Crippen molar-refractivity contribution < 1.29 is 10.0 Å². The number of aromatic nitrogens is 2. The molecule has 1 rings (SSSR count). The van der Waals surface area contributed by atoms with Crippen molar-refractivity contribution in [1.29, 1.82) is 0 Å². The van der Waals surface area contributed by atoms with Gasteiger partial charge in [0.15, 0.2) is 5.84 Å². The van der Waals surface area contributed by atoms with E-state index in [2.05, 4.69) is 15.6 Å². The first-order valence-corrected chi connectivity index (χ1v) is 6.21. The van der Waals surface area contributed by atoms with E-state index >= 15 is 0 Å². The highest BCUT2D eigenvalue weighted by Crippen LogP contribution is 2.07. The minimum absolute atomic E-state index is 0.0127. The van der Waals surface area contributed by atoms with Crippen molar-refractivity contribution >= 4 is 11.7 Å². The molecule has 0 spiro atoms. The molecule has 1 aromatic heterocycles. The maximum absolute atomic E-state index is 12.2. The number of nitrogens with two attached hydrogens (primary N) is 1. The number of nitrogens with zero attached hydrogens (tertiary/aromatic N) is 3. The summed E-state index contributed by atoms with van der Waals surface area (Å²) < 4.78 is 1.53. The highest BCUT2D eigenvalue weighted by atomic mass is 16.4. The van der Waals surface area contributed by atoms with Gasteiger partial charge in [-0.2, -0.15) is 5.10 Å². The number of carbonyl (C=O) groups is 1. The molecule has 0 aliphatic carbocycles. The first-order valence-electron chi connectivity index (χ1n) is 6.21. The van der Waals surface area contributed by atoms with Crippen LogP contribution in [0.3, 0.4) is 0 Å². The third kappa shape index (κ3) is 3.46. The molecule has 0 saturated heterocycles. The molecule has 1 aromatic rings. The van der Waals surface area contributed by atoms with Crippen molar-refractivity contribution in [2.75, 3.05) is 0 Å². The standard InChI is InChI=1S/C12H21N5O2/c1-5-8-6-9(17(4)15-8)12(18)14-10(7(2)3)11(13)16-19/h6-7,10,19H,5H2,1-4H3,(H2,13,16)(H,14,18). The summed E-state index contributed by atoms with van der Waals surface area (Å²) in [5.74, 6) is -0.292. The molecule has 4 N–H and O–H groups in total. The Bertz CT molecular complexity index is 478. The monoisotopic (exact) mass is 267 g/mol. The van der Waals surface area contributed by atoms with E-state index in [1.165, 1.54) is 4.68 Å². The van der Waals surface area contributed by atoms with E-state index < -0.39 is 6.04 Å². The Hall–Kier alpha value is -2.05. The Morgan fingerprint density at radius 2 is 2.26 bits per heavy atom. The molecule has 1 unspecified atom stereocenters. The highest BCUT2D eigenvalue weighted by Gasteiger charge is 2.23. The van der Waals surface area contributed by atoms with Gasteiger partial charge in [-0.3, -0.25) is 9.48 Å². The highest BCUT2D eigenvalue weighted by molar-refractivity contribution is 5.97. The normalized spacial score (nSPS) is 13.6. The Balaban J connectivity index is 2.90. The maximum Gasteiger partial charge on any atom is 0.270 e. The lowest BCUT2D eigenvalue weighted by Gasteiger charge is -2.20. The van der Waals surface area contributed by atoms with Crippen LogP contribution in [0.15, 0.2) is 11.2 Å². The Morgan fingerprint density at radius 3 is 2.68 bits per heavy atom. The topological polar surface area (TPSA) is 106 Å². The number of hydrogen-bond donors (Lipinski definition) is 3. The predicted octanol–water partition coefficient (Wildman–Crippen LogP) is 0.483. The van der Waals surface area contributed by atoms with E-state index in [1.807, 2.05) is 20.8 Å². The van der Waals surface area contributed by atoms with Gasteiger partial charge in [0, 0.05) is 7.05 Å². The molecule has 0 bridgehead atoms. The van der Waals surface area contributed by atoms with Gasteiger partial charge in [-0.05, 0) is 18.4 Å². The average molecular weight is 267 g/mol. The van der Waals surface area contributed by atoms with Crippen LogP contribution in [-0.4, -0.2) is 32.8 Å². The van der Waals surface area contributed by atoms with Crippen LogP contribution in [0.25, 0.3) is 0 Å². The van der Waals surface area contributed by atoms with Crippen LogP contribution in [0, 0.1) is 5.92 Å². The zero-order chi connectivity index (χ0) is 14.6.